The molecule has 0 fully saturated rings. The van der Waals surface area contributed by atoms with Gasteiger partial charge in [-0.2, -0.15) is 0 Å². The van der Waals surface area contributed by atoms with E-state index in [-0.39, 0.29) is 6.04 Å². The first-order valence-corrected chi connectivity index (χ1v) is 5.97. The van der Waals surface area contributed by atoms with Gasteiger partial charge in [-0.25, -0.2) is 9.59 Å². The van der Waals surface area contributed by atoms with E-state index in [0.29, 0.717) is 12.1 Å². The number of carbonyl (C=O) groups is 2. The lowest BCUT2D eigenvalue weighted by Gasteiger charge is -2.28. The summed E-state index contributed by atoms with van der Waals surface area (Å²) >= 11 is 0. The second kappa shape index (κ2) is 5.00. The maximum absolute atomic E-state index is 12.1. The Kier molecular flexibility index (Phi) is 4.04. The summed E-state index contributed by atoms with van der Waals surface area (Å²) in [7, 11) is 1.30. The van der Waals surface area contributed by atoms with E-state index in [4.69, 9.17) is 9.47 Å². The molecule has 5 heteroatoms. The van der Waals surface area contributed by atoms with Gasteiger partial charge in [-0.1, -0.05) is 0 Å². The van der Waals surface area contributed by atoms with Gasteiger partial charge in [0, 0.05) is 6.04 Å². The molecule has 0 bridgehead atoms. The highest BCUT2D eigenvalue weighted by Crippen LogP contribution is 2.30. The van der Waals surface area contributed by atoms with Gasteiger partial charge in [-0.3, -0.25) is 4.90 Å². The summed E-state index contributed by atoms with van der Waals surface area (Å²) in [5.41, 5.74) is 0.564. The molecule has 1 aliphatic heterocycles. The van der Waals surface area contributed by atoms with Crippen LogP contribution in [0, 0.1) is 0 Å². The van der Waals surface area contributed by atoms with Crippen molar-refractivity contribution in [2.24, 2.45) is 0 Å². The predicted molar refractivity (Wildman–Crippen MR) is 66.9 cm³/mol. The van der Waals surface area contributed by atoms with Gasteiger partial charge < -0.3 is 9.47 Å². The Morgan fingerprint density at radius 3 is 2.33 bits per heavy atom. The van der Waals surface area contributed by atoms with Crippen molar-refractivity contribution in [1.29, 1.82) is 0 Å². The number of hydrogen-bond acceptors (Lipinski definition) is 4. The molecule has 0 saturated heterocycles. The molecule has 102 valence electrons. The van der Waals surface area contributed by atoms with Crippen molar-refractivity contribution in [3.8, 4) is 0 Å². The Hall–Kier alpha value is -1.52. The van der Waals surface area contributed by atoms with E-state index < -0.39 is 17.7 Å². The molecule has 0 aromatic carbocycles. The zero-order valence-electron chi connectivity index (χ0n) is 11.9. The van der Waals surface area contributed by atoms with Crippen molar-refractivity contribution in [2.75, 3.05) is 7.11 Å². The molecule has 0 N–H and O–H groups in total. The van der Waals surface area contributed by atoms with E-state index in [9.17, 15) is 9.59 Å². The third-order valence-corrected chi connectivity index (χ3v) is 2.66. The van der Waals surface area contributed by atoms with Gasteiger partial charge >= 0.3 is 12.1 Å². The Balaban J connectivity index is 2.98. The Morgan fingerprint density at radius 2 is 1.89 bits per heavy atom. The lowest BCUT2D eigenvalue weighted by molar-refractivity contribution is -0.138. The van der Waals surface area contributed by atoms with Crippen LogP contribution in [0.25, 0.3) is 0 Å². The van der Waals surface area contributed by atoms with Crippen LogP contribution >= 0.6 is 0 Å². The SMILES string of the molecule is COC(=O)C1=C(C)C[C@@H](C)N1C(=O)OC(C)(C)C. The molecule has 1 rings (SSSR count). The Labute approximate surface area is 108 Å². The van der Waals surface area contributed by atoms with Crippen molar-refractivity contribution in [2.45, 2.75) is 52.7 Å². The Bertz CT molecular complexity index is 392. The number of hydrogen-bond donors (Lipinski definition) is 0. The van der Waals surface area contributed by atoms with Crippen LogP contribution in [0.15, 0.2) is 11.3 Å². The van der Waals surface area contributed by atoms with Gasteiger partial charge in [0.15, 0.2) is 0 Å². The molecule has 1 atom stereocenters. The predicted octanol–water partition coefficient (Wildman–Crippen LogP) is 2.46. The van der Waals surface area contributed by atoms with Crippen LogP contribution in [0.1, 0.15) is 41.0 Å². The van der Waals surface area contributed by atoms with Gasteiger partial charge in [0.2, 0.25) is 0 Å². The topological polar surface area (TPSA) is 55.8 Å². The van der Waals surface area contributed by atoms with Crippen LogP contribution in [0.3, 0.4) is 0 Å². The zero-order chi connectivity index (χ0) is 14.1. The van der Waals surface area contributed by atoms with E-state index in [1.807, 2.05) is 13.8 Å². The molecule has 0 unspecified atom stereocenters. The van der Waals surface area contributed by atoms with Crippen molar-refractivity contribution in [3.05, 3.63) is 11.3 Å². The molecular weight excluding hydrogens is 234 g/mol. The van der Waals surface area contributed by atoms with Crippen molar-refractivity contribution < 1.29 is 19.1 Å². The summed E-state index contributed by atoms with van der Waals surface area (Å²) in [6.45, 7) is 9.08. The van der Waals surface area contributed by atoms with Crippen LogP contribution in [-0.4, -0.2) is 35.7 Å². The Morgan fingerprint density at radius 1 is 1.33 bits per heavy atom. The van der Waals surface area contributed by atoms with Crippen LogP contribution in [0.2, 0.25) is 0 Å². The fourth-order valence-corrected chi connectivity index (χ4v) is 2.01. The molecule has 1 amide bonds. The van der Waals surface area contributed by atoms with Gasteiger partial charge in [-0.15, -0.1) is 0 Å². The number of carbonyl (C=O) groups excluding carboxylic acids is 2. The highest BCUT2D eigenvalue weighted by molar-refractivity contribution is 5.94. The number of esters is 1. The van der Waals surface area contributed by atoms with E-state index in [1.165, 1.54) is 12.0 Å². The van der Waals surface area contributed by atoms with Crippen molar-refractivity contribution in [3.63, 3.8) is 0 Å². The van der Waals surface area contributed by atoms with E-state index in [2.05, 4.69) is 0 Å². The first-order chi connectivity index (χ1) is 8.17. The average Bonchev–Trinajstić information content (AvgIpc) is 2.49. The number of ether oxygens (including phenoxy) is 2. The molecule has 5 nitrogen and oxygen atoms in total. The lowest BCUT2D eigenvalue weighted by Crippen LogP contribution is -2.40. The molecule has 1 aliphatic rings. The first-order valence-electron chi connectivity index (χ1n) is 5.97. The van der Waals surface area contributed by atoms with Crippen LogP contribution in [-0.2, 0) is 14.3 Å². The third kappa shape index (κ3) is 3.03. The molecule has 0 spiro atoms. The molecular formula is C13H21NO4. The summed E-state index contributed by atoms with van der Waals surface area (Å²) in [6, 6.07) is -0.0889. The minimum Gasteiger partial charge on any atom is -0.464 e. The molecule has 0 saturated carbocycles. The summed E-state index contributed by atoms with van der Waals surface area (Å²) in [5.74, 6) is -0.497. The fourth-order valence-electron chi connectivity index (χ4n) is 2.01. The molecule has 0 aromatic heterocycles. The summed E-state index contributed by atoms with van der Waals surface area (Å²) in [5, 5.41) is 0. The second-order valence-electron chi connectivity index (χ2n) is 5.52. The highest BCUT2D eigenvalue weighted by atomic mass is 16.6. The third-order valence-electron chi connectivity index (χ3n) is 2.66. The monoisotopic (exact) mass is 255 g/mol. The van der Waals surface area contributed by atoms with Gasteiger partial charge in [0.05, 0.1) is 7.11 Å². The summed E-state index contributed by atoms with van der Waals surface area (Å²) in [4.78, 5) is 25.2. The van der Waals surface area contributed by atoms with Crippen molar-refractivity contribution >= 4 is 12.1 Å². The first kappa shape index (κ1) is 14.5. The van der Waals surface area contributed by atoms with Crippen LogP contribution in [0.5, 0.6) is 0 Å². The van der Waals surface area contributed by atoms with E-state index >= 15 is 0 Å². The number of rotatable bonds is 1. The van der Waals surface area contributed by atoms with E-state index in [0.717, 1.165) is 5.57 Å². The van der Waals surface area contributed by atoms with Gasteiger partial charge in [-0.05, 0) is 46.6 Å². The molecule has 18 heavy (non-hydrogen) atoms. The van der Waals surface area contributed by atoms with E-state index in [1.54, 1.807) is 20.8 Å². The zero-order valence-corrected chi connectivity index (χ0v) is 11.9. The minimum atomic E-state index is -0.589. The summed E-state index contributed by atoms with van der Waals surface area (Å²) in [6.07, 6.45) is 0.149. The second-order valence-corrected chi connectivity index (χ2v) is 5.52. The fraction of sp³-hybridized carbons (Fsp3) is 0.692. The maximum Gasteiger partial charge on any atom is 0.415 e. The van der Waals surface area contributed by atoms with Crippen molar-refractivity contribution in [1.82, 2.24) is 4.90 Å². The number of amides is 1. The van der Waals surface area contributed by atoms with Gasteiger partial charge in [0.25, 0.3) is 0 Å². The molecule has 0 aromatic rings. The largest absolute Gasteiger partial charge is 0.464 e. The summed E-state index contributed by atoms with van der Waals surface area (Å²) < 4.78 is 10.0. The lowest BCUT2D eigenvalue weighted by atomic mass is 10.2. The number of nitrogens with zero attached hydrogens (tertiary/aromatic N) is 1. The molecule has 0 aliphatic carbocycles. The smallest absolute Gasteiger partial charge is 0.415 e. The average molecular weight is 255 g/mol. The maximum atomic E-state index is 12.1. The standard InChI is InChI=1S/C13H21NO4/c1-8-7-9(2)14(10(8)11(15)17-6)12(16)18-13(3,4)5/h9H,7H2,1-6H3/t9-/m1/s1. The number of methoxy groups -OCH3 is 1. The molecule has 1 heterocycles. The normalized spacial score (nSPS) is 20.1. The minimum absolute atomic E-state index is 0.0889. The quantitative estimate of drug-likeness (QED) is 0.675. The van der Waals surface area contributed by atoms with Gasteiger partial charge in [0.1, 0.15) is 11.3 Å². The highest BCUT2D eigenvalue weighted by Gasteiger charge is 2.38. The van der Waals surface area contributed by atoms with Crippen LogP contribution < -0.4 is 0 Å². The molecule has 0 radical (unpaired) electrons. The van der Waals surface area contributed by atoms with Crippen LogP contribution in [0.4, 0.5) is 4.79 Å².